The van der Waals surface area contributed by atoms with E-state index in [0.29, 0.717) is 60.1 Å². The fourth-order valence-corrected chi connectivity index (χ4v) is 6.78. The second kappa shape index (κ2) is 11.6. The van der Waals surface area contributed by atoms with Crippen LogP contribution in [0.1, 0.15) is 55.4 Å². The molecule has 3 aromatic heterocycles. The third kappa shape index (κ3) is 5.39. The molecule has 0 saturated carbocycles. The molecule has 10 nitrogen and oxygen atoms in total. The van der Waals surface area contributed by atoms with E-state index in [1.165, 1.54) is 23.1 Å². The van der Waals surface area contributed by atoms with Crippen LogP contribution < -0.4 is 24.4 Å². The van der Waals surface area contributed by atoms with Gasteiger partial charge in [0.2, 0.25) is 6.79 Å². The van der Waals surface area contributed by atoms with Crippen LogP contribution in [0.5, 0.6) is 11.5 Å². The summed E-state index contributed by atoms with van der Waals surface area (Å²) in [6.45, 7) is 7.93. The highest BCUT2D eigenvalue weighted by molar-refractivity contribution is 7.99. The number of rotatable bonds is 8. The van der Waals surface area contributed by atoms with Crippen LogP contribution >= 0.6 is 23.1 Å². The quantitative estimate of drug-likeness (QED) is 0.212. The number of esters is 1. The number of aromatic nitrogens is 3. The Morgan fingerprint density at radius 3 is 2.67 bits per heavy atom. The largest absolute Gasteiger partial charge is 0.463 e. The third-order valence-electron chi connectivity index (χ3n) is 6.63. The van der Waals surface area contributed by atoms with Gasteiger partial charge < -0.3 is 18.6 Å². The van der Waals surface area contributed by atoms with Crippen molar-refractivity contribution < 1.29 is 23.4 Å². The van der Waals surface area contributed by atoms with Gasteiger partial charge in [-0.15, -0.1) is 0 Å². The van der Waals surface area contributed by atoms with Crippen LogP contribution in [0.25, 0.3) is 6.08 Å². The number of benzene rings is 1. The normalized spacial score (nSPS) is 16.0. The predicted molar refractivity (Wildman–Crippen MR) is 157 cm³/mol. The molecule has 216 valence electrons. The first-order valence-corrected chi connectivity index (χ1v) is 15.2. The van der Waals surface area contributed by atoms with Crippen LogP contribution in [-0.2, 0) is 9.53 Å². The lowest BCUT2D eigenvalue weighted by Gasteiger charge is -2.25. The molecule has 4 aromatic rings. The molecular weight excluding hydrogens is 576 g/mol. The lowest BCUT2D eigenvalue weighted by Crippen LogP contribution is -2.40. The third-order valence-corrected chi connectivity index (χ3v) is 8.40. The van der Waals surface area contributed by atoms with Gasteiger partial charge in [-0.05, 0) is 74.8 Å². The Morgan fingerprint density at radius 2 is 1.90 bits per heavy atom. The zero-order chi connectivity index (χ0) is 29.4. The van der Waals surface area contributed by atoms with Crippen LogP contribution in [0.2, 0.25) is 0 Å². The van der Waals surface area contributed by atoms with E-state index in [0.717, 1.165) is 17.8 Å². The number of nitrogens with zero attached hydrogens (tertiary/aromatic N) is 4. The van der Waals surface area contributed by atoms with Gasteiger partial charge in [0.1, 0.15) is 5.76 Å². The monoisotopic (exact) mass is 604 g/mol. The molecule has 0 bridgehead atoms. The molecule has 5 heterocycles. The summed E-state index contributed by atoms with van der Waals surface area (Å²) in [5.41, 5.74) is 3.11. The molecule has 0 fully saturated rings. The Hall–Kier alpha value is -4.16. The van der Waals surface area contributed by atoms with E-state index in [1.807, 2.05) is 45.0 Å². The maximum absolute atomic E-state index is 14.0. The molecule has 2 aliphatic heterocycles. The molecule has 0 spiro atoms. The number of hydrogen-bond acceptors (Lipinski definition) is 11. The molecule has 0 saturated heterocycles. The summed E-state index contributed by atoms with van der Waals surface area (Å²) in [6.07, 6.45) is 3.02. The second-order valence-corrected chi connectivity index (χ2v) is 11.7. The summed E-state index contributed by atoms with van der Waals surface area (Å²) in [5, 5.41) is 1.19. The number of fused-ring (bicyclic) bond motifs is 2. The summed E-state index contributed by atoms with van der Waals surface area (Å²) in [6, 6.07) is 10.2. The van der Waals surface area contributed by atoms with Crippen LogP contribution in [0.4, 0.5) is 0 Å². The number of carbonyl (C=O) groups is 1. The predicted octanol–water partition coefficient (Wildman–Crippen LogP) is 4.46. The minimum absolute atomic E-state index is 0.113. The van der Waals surface area contributed by atoms with E-state index in [9.17, 15) is 9.59 Å². The maximum Gasteiger partial charge on any atom is 0.338 e. The highest BCUT2D eigenvalue weighted by Crippen LogP contribution is 2.39. The van der Waals surface area contributed by atoms with Gasteiger partial charge >= 0.3 is 5.97 Å². The molecule has 0 unspecified atom stereocenters. The number of thiazole rings is 1. The van der Waals surface area contributed by atoms with Gasteiger partial charge in [0.15, 0.2) is 26.5 Å². The van der Waals surface area contributed by atoms with Gasteiger partial charge in [0, 0.05) is 17.5 Å². The van der Waals surface area contributed by atoms with Crippen LogP contribution in [-0.4, -0.2) is 33.9 Å². The van der Waals surface area contributed by atoms with E-state index < -0.39 is 12.0 Å². The molecule has 42 heavy (non-hydrogen) atoms. The molecular formula is C30H28N4O6S2. The fourth-order valence-electron chi connectivity index (χ4n) is 4.94. The van der Waals surface area contributed by atoms with Crippen molar-refractivity contribution in [1.29, 1.82) is 0 Å². The first kappa shape index (κ1) is 28.0. The van der Waals surface area contributed by atoms with Crippen LogP contribution in [0, 0.1) is 13.8 Å². The highest BCUT2D eigenvalue weighted by Gasteiger charge is 2.35. The number of furan rings is 1. The van der Waals surface area contributed by atoms with Crippen molar-refractivity contribution in [2.45, 2.75) is 56.8 Å². The van der Waals surface area contributed by atoms with Crippen molar-refractivity contribution in [3.63, 3.8) is 0 Å². The molecule has 12 heteroatoms. The molecule has 0 aliphatic carbocycles. The molecule has 0 N–H and O–H groups in total. The van der Waals surface area contributed by atoms with E-state index in [4.69, 9.17) is 23.6 Å². The molecule has 1 atom stereocenters. The van der Waals surface area contributed by atoms with Crippen molar-refractivity contribution in [2.75, 3.05) is 13.4 Å². The van der Waals surface area contributed by atoms with E-state index in [-0.39, 0.29) is 19.0 Å². The van der Waals surface area contributed by atoms with E-state index >= 15 is 0 Å². The maximum atomic E-state index is 14.0. The SMILES string of the molecule is CCCC1=C(C(=O)OCC)[C@@H](c2ccc3c(c2)OCO3)n2c(s/c(=C/c3ccc(Sc4nc(C)cc(C)n4)o3)c2=O)=N1. The van der Waals surface area contributed by atoms with Crippen LogP contribution in [0.3, 0.4) is 0 Å². The summed E-state index contributed by atoms with van der Waals surface area (Å²) in [5.74, 6) is 1.17. The number of aryl methyl sites for hydroxylation is 2. The topological polar surface area (TPSA) is 118 Å². The lowest BCUT2D eigenvalue weighted by molar-refractivity contribution is -0.139. The molecule has 2 aliphatic rings. The van der Waals surface area contributed by atoms with E-state index in [2.05, 4.69) is 9.97 Å². The van der Waals surface area contributed by atoms with Gasteiger partial charge in [-0.3, -0.25) is 9.36 Å². The van der Waals surface area contributed by atoms with Crippen molar-refractivity contribution >= 4 is 35.1 Å². The van der Waals surface area contributed by atoms with Gasteiger partial charge in [0.05, 0.1) is 28.5 Å². The smallest absolute Gasteiger partial charge is 0.338 e. The Kier molecular flexibility index (Phi) is 7.74. The zero-order valence-corrected chi connectivity index (χ0v) is 25.1. The van der Waals surface area contributed by atoms with Crippen LogP contribution in [0.15, 0.2) is 72.1 Å². The summed E-state index contributed by atoms with van der Waals surface area (Å²) in [7, 11) is 0. The van der Waals surface area contributed by atoms with E-state index in [1.54, 1.807) is 29.7 Å². The lowest BCUT2D eigenvalue weighted by atomic mass is 9.94. The number of hydrogen-bond donors (Lipinski definition) is 0. The molecule has 0 amide bonds. The van der Waals surface area contributed by atoms with Gasteiger partial charge in [-0.25, -0.2) is 19.8 Å². The number of ether oxygens (including phenoxy) is 3. The first-order chi connectivity index (χ1) is 20.3. The molecule has 1 aromatic carbocycles. The van der Waals surface area contributed by atoms with Crippen molar-refractivity contribution in [1.82, 2.24) is 14.5 Å². The Balaban J connectivity index is 1.45. The molecule has 0 radical (unpaired) electrons. The van der Waals surface area contributed by atoms with Crippen molar-refractivity contribution in [3.8, 4) is 11.5 Å². The average Bonchev–Trinajstić information content (AvgIpc) is 3.67. The van der Waals surface area contributed by atoms with Crippen molar-refractivity contribution in [2.24, 2.45) is 4.99 Å². The first-order valence-electron chi connectivity index (χ1n) is 13.6. The summed E-state index contributed by atoms with van der Waals surface area (Å²) < 4.78 is 24.6. The minimum atomic E-state index is -0.747. The number of allylic oxidation sites excluding steroid dienone is 1. The highest BCUT2D eigenvalue weighted by atomic mass is 32.2. The minimum Gasteiger partial charge on any atom is -0.463 e. The Bertz CT molecular complexity index is 1880. The van der Waals surface area contributed by atoms with Crippen molar-refractivity contribution in [3.05, 3.63) is 90.1 Å². The van der Waals surface area contributed by atoms with Gasteiger partial charge in [-0.2, -0.15) is 0 Å². The standard InChI is InChI=1S/C30H28N4O6S2/c1-5-7-20-25(28(36)37-6-2)26(18-8-10-21-22(13-18)39-15-38-21)34-27(35)23(41-30(34)33-20)14-19-9-11-24(40-19)42-29-31-16(3)12-17(4)32-29/h8-14,26H,5-7,15H2,1-4H3/b23-14+/t26-/m1/s1. The van der Waals surface area contributed by atoms with Gasteiger partial charge in [0.25, 0.3) is 5.56 Å². The fraction of sp³-hybridized carbons (Fsp3) is 0.300. The Labute approximate surface area is 249 Å². The van der Waals surface area contributed by atoms with Gasteiger partial charge in [-0.1, -0.05) is 30.7 Å². The average molecular weight is 605 g/mol. The second-order valence-electron chi connectivity index (χ2n) is 9.72. The molecule has 6 rings (SSSR count). The summed E-state index contributed by atoms with van der Waals surface area (Å²) >= 11 is 2.56. The Morgan fingerprint density at radius 1 is 1.12 bits per heavy atom. The zero-order valence-electron chi connectivity index (χ0n) is 23.5. The summed E-state index contributed by atoms with van der Waals surface area (Å²) in [4.78, 5) is 41.6. The number of carbonyl (C=O) groups excluding carboxylic acids is 1.